The molecule has 0 aromatic heterocycles. The molecule has 1 unspecified atom stereocenters. The first kappa shape index (κ1) is 32.9. The summed E-state index contributed by atoms with van der Waals surface area (Å²) in [6.07, 6.45) is 30.7. The van der Waals surface area contributed by atoms with Gasteiger partial charge < -0.3 is 14.2 Å². The van der Waals surface area contributed by atoms with Gasteiger partial charge in [0.05, 0.1) is 12.7 Å². The van der Waals surface area contributed by atoms with E-state index in [4.69, 9.17) is 14.2 Å². The van der Waals surface area contributed by atoms with E-state index in [1.807, 2.05) is 0 Å². The Morgan fingerprint density at radius 2 is 1.00 bits per heavy atom. The molecular formula is C30H62O3. The second-order valence-electron chi connectivity index (χ2n) is 10.1. The van der Waals surface area contributed by atoms with Gasteiger partial charge in [-0.15, -0.1) is 0 Å². The van der Waals surface area contributed by atoms with Crippen molar-refractivity contribution in [2.45, 2.75) is 161 Å². The van der Waals surface area contributed by atoms with Crippen LogP contribution in [0.2, 0.25) is 0 Å². The Bertz CT molecular complexity index is 317. The van der Waals surface area contributed by atoms with E-state index in [0.717, 1.165) is 26.4 Å². The van der Waals surface area contributed by atoms with E-state index in [1.54, 1.807) is 7.11 Å². The predicted octanol–water partition coefficient (Wildman–Crippen LogP) is 9.66. The van der Waals surface area contributed by atoms with Gasteiger partial charge in [-0.25, -0.2) is 0 Å². The quantitative estimate of drug-likeness (QED) is 0.131. The van der Waals surface area contributed by atoms with Gasteiger partial charge in [-0.3, -0.25) is 0 Å². The first-order chi connectivity index (χ1) is 16.3. The van der Waals surface area contributed by atoms with Crippen molar-refractivity contribution in [1.82, 2.24) is 0 Å². The lowest BCUT2D eigenvalue weighted by Gasteiger charge is -2.09. The SMILES string of the molecule is CCCCCCCCCCCCOC.CCCCCCCCCCCCOCC1CCCO1. The number of ether oxygens (including phenoxy) is 3. The molecule has 3 heteroatoms. The van der Waals surface area contributed by atoms with Crippen LogP contribution in [0.4, 0.5) is 0 Å². The van der Waals surface area contributed by atoms with Crippen molar-refractivity contribution in [2.75, 3.05) is 33.5 Å². The summed E-state index contributed by atoms with van der Waals surface area (Å²) in [5, 5.41) is 0. The third kappa shape index (κ3) is 28.0. The molecule has 1 atom stereocenters. The Hall–Kier alpha value is -0.120. The lowest BCUT2D eigenvalue weighted by molar-refractivity contribution is 0.0161. The maximum atomic E-state index is 5.66. The average molecular weight is 471 g/mol. The van der Waals surface area contributed by atoms with Gasteiger partial charge >= 0.3 is 0 Å². The third-order valence-corrected chi connectivity index (χ3v) is 6.67. The smallest absolute Gasteiger partial charge is 0.0809 e. The Labute approximate surface area is 209 Å². The third-order valence-electron chi connectivity index (χ3n) is 6.67. The maximum Gasteiger partial charge on any atom is 0.0809 e. The number of methoxy groups -OCH3 is 1. The van der Waals surface area contributed by atoms with Crippen molar-refractivity contribution >= 4 is 0 Å². The minimum atomic E-state index is 0.392. The van der Waals surface area contributed by atoms with Gasteiger partial charge in [0.25, 0.3) is 0 Å². The Morgan fingerprint density at radius 1 is 0.576 bits per heavy atom. The van der Waals surface area contributed by atoms with Gasteiger partial charge in [-0.05, 0) is 25.7 Å². The first-order valence-electron chi connectivity index (χ1n) is 15.0. The van der Waals surface area contributed by atoms with Gasteiger partial charge in [0.2, 0.25) is 0 Å². The summed E-state index contributed by atoms with van der Waals surface area (Å²) in [4.78, 5) is 0. The minimum absolute atomic E-state index is 0.392. The molecule has 1 aliphatic rings. The molecule has 0 aliphatic carbocycles. The van der Waals surface area contributed by atoms with Crippen LogP contribution in [0.1, 0.15) is 155 Å². The molecule has 1 rings (SSSR count). The summed E-state index contributed by atoms with van der Waals surface area (Å²) < 4.78 is 16.2. The van der Waals surface area contributed by atoms with Gasteiger partial charge in [-0.1, -0.05) is 129 Å². The van der Waals surface area contributed by atoms with E-state index in [2.05, 4.69) is 13.8 Å². The zero-order chi connectivity index (χ0) is 24.1. The van der Waals surface area contributed by atoms with E-state index in [1.165, 1.54) is 141 Å². The summed E-state index contributed by atoms with van der Waals surface area (Å²) in [7, 11) is 1.79. The van der Waals surface area contributed by atoms with Crippen molar-refractivity contribution < 1.29 is 14.2 Å². The molecule has 1 heterocycles. The molecule has 0 spiro atoms. The topological polar surface area (TPSA) is 27.7 Å². The van der Waals surface area contributed by atoms with E-state index in [0.29, 0.717) is 6.10 Å². The molecule has 0 radical (unpaired) electrons. The first-order valence-corrected chi connectivity index (χ1v) is 15.0. The lowest BCUT2D eigenvalue weighted by atomic mass is 10.1. The number of hydrogen-bond acceptors (Lipinski definition) is 3. The van der Waals surface area contributed by atoms with Gasteiger partial charge in [0.1, 0.15) is 0 Å². The zero-order valence-corrected chi connectivity index (χ0v) is 23.2. The average Bonchev–Trinajstić information content (AvgIpc) is 3.35. The van der Waals surface area contributed by atoms with Crippen molar-refractivity contribution in [1.29, 1.82) is 0 Å². The highest BCUT2D eigenvalue weighted by Crippen LogP contribution is 2.13. The second-order valence-corrected chi connectivity index (χ2v) is 10.1. The standard InChI is InChI=1S/C17H34O2.C13H28O/c1-2-3-4-5-6-7-8-9-10-11-14-18-16-17-13-12-15-19-17;1-3-4-5-6-7-8-9-10-11-12-13-14-2/h17H,2-16H2,1H3;3-13H2,1-2H3. The molecule has 200 valence electrons. The summed E-state index contributed by atoms with van der Waals surface area (Å²) >= 11 is 0. The van der Waals surface area contributed by atoms with Crippen LogP contribution in [0.15, 0.2) is 0 Å². The highest BCUT2D eigenvalue weighted by atomic mass is 16.5. The fourth-order valence-electron chi connectivity index (χ4n) is 4.42. The maximum absolute atomic E-state index is 5.66. The molecule has 1 fully saturated rings. The van der Waals surface area contributed by atoms with Crippen LogP contribution in [0.3, 0.4) is 0 Å². The summed E-state index contributed by atoms with van der Waals surface area (Å²) in [5.74, 6) is 0. The second kappa shape index (κ2) is 29.9. The summed E-state index contributed by atoms with van der Waals surface area (Å²) in [6, 6.07) is 0. The van der Waals surface area contributed by atoms with Crippen LogP contribution in [0.5, 0.6) is 0 Å². The Kier molecular flexibility index (Phi) is 29.8. The molecule has 0 saturated carbocycles. The summed E-state index contributed by atoms with van der Waals surface area (Å²) in [6.45, 7) is 8.17. The molecule has 0 amide bonds. The van der Waals surface area contributed by atoms with Gasteiger partial charge in [-0.2, -0.15) is 0 Å². The molecule has 0 N–H and O–H groups in total. The fourth-order valence-corrected chi connectivity index (χ4v) is 4.42. The van der Waals surface area contributed by atoms with Crippen LogP contribution < -0.4 is 0 Å². The number of hydrogen-bond donors (Lipinski definition) is 0. The van der Waals surface area contributed by atoms with Crippen molar-refractivity contribution in [3.05, 3.63) is 0 Å². The highest BCUT2D eigenvalue weighted by molar-refractivity contribution is 4.63. The Balaban J connectivity index is 0.000000653. The van der Waals surface area contributed by atoms with Crippen molar-refractivity contribution in [3.63, 3.8) is 0 Å². The minimum Gasteiger partial charge on any atom is -0.385 e. The van der Waals surface area contributed by atoms with Crippen LogP contribution in [-0.4, -0.2) is 39.6 Å². The fraction of sp³-hybridized carbons (Fsp3) is 1.00. The monoisotopic (exact) mass is 470 g/mol. The van der Waals surface area contributed by atoms with Crippen molar-refractivity contribution in [2.24, 2.45) is 0 Å². The van der Waals surface area contributed by atoms with E-state index in [-0.39, 0.29) is 0 Å². The van der Waals surface area contributed by atoms with Gasteiger partial charge in [0, 0.05) is 26.9 Å². The summed E-state index contributed by atoms with van der Waals surface area (Å²) in [5.41, 5.74) is 0. The molecule has 1 saturated heterocycles. The molecule has 0 aromatic rings. The van der Waals surface area contributed by atoms with Crippen LogP contribution in [0.25, 0.3) is 0 Å². The molecule has 3 nitrogen and oxygen atoms in total. The van der Waals surface area contributed by atoms with Gasteiger partial charge in [0.15, 0.2) is 0 Å². The largest absolute Gasteiger partial charge is 0.385 e. The van der Waals surface area contributed by atoms with Crippen LogP contribution in [0, 0.1) is 0 Å². The molecule has 33 heavy (non-hydrogen) atoms. The van der Waals surface area contributed by atoms with E-state index >= 15 is 0 Å². The number of rotatable bonds is 24. The normalized spacial score (nSPS) is 15.5. The molecular weight excluding hydrogens is 408 g/mol. The lowest BCUT2D eigenvalue weighted by Crippen LogP contribution is -2.14. The molecule has 1 aliphatic heterocycles. The Morgan fingerprint density at radius 3 is 1.39 bits per heavy atom. The molecule has 0 aromatic carbocycles. The van der Waals surface area contributed by atoms with E-state index in [9.17, 15) is 0 Å². The molecule has 0 bridgehead atoms. The number of unbranched alkanes of at least 4 members (excludes halogenated alkanes) is 18. The zero-order valence-electron chi connectivity index (χ0n) is 23.2. The van der Waals surface area contributed by atoms with Crippen molar-refractivity contribution in [3.8, 4) is 0 Å². The van der Waals surface area contributed by atoms with E-state index < -0.39 is 0 Å². The van der Waals surface area contributed by atoms with Crippen LogP contribution in [-0.2, 0) is 14.2 Å². The van der Waals surface area contributed by atoms with Crippen LogP contribution >= 0.6 is 0 Å². The highest BCUT2D eigenvalue weighted by Gasteiger charge is 2.14. The predicted molar refractivity (Wildman–Crippen MR) is 145 cm³/mol.